The van der Waals surface area contributed by atoms with Gasteiger partial charge in [0.1, 0.15) is 18.1 Å². The van der Waals surface area contributed by atoms with Crippen LogP contribution in [-0.2, 0) is 6.61 Å². The minimum atomic E-state index is -0.985. The molecule has 0 bridgehead atoms. The number of ether oxygens (including phenoxy) is 1. The number of benzene rings is 3. The molecule has 130 valence electrons. The van der Waals surface area contributed by atoms with Gasteiger partial charge in [0.2, 0.25) is 0 Å². The molecule has 0 atom stereocenters. The van der Waals surface area contributed by atoms with Gasteiger partial charge in [0.15, 0.2) is 5.78 Å². The SMILES string of the molecule is O=C(O)c1ccc(COc2ccc(C(=O)c3ccccc3)c(O)c2)cc1. The van der Waals surface area contributed by atoms with Crippen LogP contribution < -0.4 is 4.74 Å². The summed E-state index contributed by atoms with van der Waals surface area (Å²) in [5.74, 6) is -0.994. The number of hydrogen-bond acceptors (Lipinski definition) is 4. The molecule has 3 aromatic rings. The van der Waals surface area contributed by atoms with Crippen molar-refractivity contribution < 1.29 is 24.5 Å². The van der Waals surface area contributed by atoms with Crippen molar-refractivity contribution in [3.8, 4) is 11.5 Å². The van der Waals surface area contributed by atoms with E-state index in [1.807, 2.05) is 6.07 Å². The third-order valence-corrected chi connectivity index (χ3v) is 3.86. The first-order valence-electron chi connectivity index (χ1n) is 7.92. The molecule has 0 unspecified atom stereocenters. The van der Waals surface area contributed by atoms with Gasteiger partial charge in [0.25, 0.3) is 0 Å². The summed E-state index contributed by atoms with van der Waals surface area (Å²) < 4.78 is 5.59. The van der Waals surface area contributed by atoms with Crippen molar-refractivity contribution in [1.82, 2.24) is 0 Å². The van der Waals surface area contributed by atoms with Gasteiger partial charge >= 0.3 is 5.97 Å². The predicted octanol–water partition coefficient (Wildman–Crippen LogP) is 3.90. The summed E-state index contributed by atoms with van der Waals surface area (Å²) in [4.78, 5) is 23.2. The van der Waals surface area contributed by atoms with Crippen molar-refractivity contribution in [2.75, 3.05) is 0 Å². The lowest BCUT2D eigenvalue weighted by atomic mass is 10.0. The number of aromatic hydroxyl groups is 1. The molecular formula is C21H16O5. The largest absolute Gasteiger partial charge is 0.507 e. The van der Waals surface area contributed by atoms with Crippen molar-refractivity contribution in [1.29, 1.82) is 0 Å². The van der Waals surface area contributed by atoms with Crippen LogP contribution in [0.1, 0.15) is 31.8 Å². The molecule has 0 aliphatic carbocycles. The first-order valence-corrected chi connectivity index (χ1v) is 7.92. The van der Waals surface area contributed by atoms with Crippen molar-refractivity contribution in [3.05, 3.63) is 95.1 Å². The maximum absolute atomic E-state index is 12.4. The Morgan fingerprint density at radius 1 is 0.846 bits per heavy atom. The van der Waals surface area contributed by atoms with Gasteiger partial charge in [-0.05, 0) is 29.8 Å². The van der Waals surface area contributed by atoms with Crippen LogP contribution in [0.3, 0.4) is 0 Å². The molecule has 5 heteroatoms. The van der Waals surface area contributed by atoms with Gasteiger partial charge in [-0.1, -0.05) is 42.5 Å². The van der Waals surface area contributed by atoms with Crippen LogP contribution in [-0.4, -0.2) is 22.0 Å². The van der Waals surface area contributed by atoms with Crippen LogP contribution in [0, 0.1) is 0 Å². The fourth-order valence-corrected chi connectivity index (χ4v) is 2.45. The first-order chi connectivity index (χ1) is 12.5. The molecule has 0 fully saturated rings. The van der Waals surface area contributed by atoms with Gasteiger partial charge in [-0.25, -0.2) is 4.79 Å². The predicted molar refractivity (Wildman–Crippen MR) is 95.7 cm³/mol. The van der Waals surface area contributed by atoms with Crippen LogP contribution >= 0.6 is 0 Å². The van der Waals surface area contributed by atoms with E-state index in [1.54, 1.807) is 42.5 Å². The molecule has 2 N–H and O–H groups in total. The van der Waals surface area contributed by atoms with Crippen molar-refractivity contribution in [3.63, 3.8) is 0 Å². The van der Waals surface area contributed by atoms with Gasteiger partial charge in [-0.15, -0.1) is 0 Å². The van der Waals surface area contributed by atoms with Gasteiger partial charge in [0, 0.05) is 11.6 Å². The highest BCUT2D eigenvalue weighted by atomic mass is 16.5. The van der Waals surface area contributed by atoms with E-state index in [-0.39, 0.29) is 29.3 Å². The molecule has 0 radical (unpaired) electrons. The topological polar surface area (TPSA) is 83.8 Å². The lowest BCUT2D eigenvalue weighted by Crippen LogP contribution is -2.02. The second-order valence-electron chi connectivity index (χ2n) is 5.66. The highest BCUT2D eigenvalue weighted by molar-refractivity contribution is 6.10. The number of aromatic carboxylic acids is 1. The van der Waals surface area contributed by atoms with E-state index in [4.69, 9.17) is 9.84 Å². The summed E-state index contributed by atoms with van der Waals surface area (Å²) in [5, 5.41) is 19.0. The minimum Gasteiger partial charge on any atom is -0.507 e. The Hall–Kier alpha value is -3.60. The molecular weight excluding hydrogens is 332 g/mol. The Balaban J connectivity index is 1.69. The molecule has 3 aromatic carbocycles. The highest BCUT2D eigenvalue weighted by Gasteiger charge is 2.14. The van der Waals surface area contributed by atoms with Crippen LogP contribution in [0.5, 0.6) is 11.5 Å². The lowest BCUT2D eigenvalue weighted by molar-refractivity contribution is 0.0696. The second-order valence-corrected chi connectivity index (χ2v) is 5.66. The molecule has 0 spiro atoms. The lowest BCUT2D eigenvalue weighted by Gasteiger charge is -2.09. The quantitative estimate of drug-likeness (QED) is 0.660. The Morgan fingerprint density at radius 3 is 2.15 bits per heavy atom. The first kappa shape index (κ1) is 17.2. The van der Waals surface area contributed by atoms with Gasteiger partial charge in [-0.2, -0.15) is 0 Å². The van der Waals surface area contributed by atoms with E-state index >= 15 is 0 Å². The number of carboxylic acid groups (broad SMARTS) is 1. The summed E-state index contributed by atoms with van der Waals surface area (Å²) in [7, 11) is 0. The zero-order valence-electron chi connectivity index (χ0n) is 13.8. The van der Waals surface area contributed by atoms with Crippen LogP contribution in [0.4, 0.5) is 0 Å². The highest BCUT2D eigenvalue weighted by Crippen LogP contribution is 2.26. The average molecular weight is 348 g/mol. The van der Waals surface area contributed by atoms with E-state index < -0.39 is 5.97 Å². The zero-order chi connectivity index (χ0) is 18.5. The molecule has 5 nitrogen and oxygen atoms in total. The molecule has 0 aliphatic heterocycles. The number of carboxylic acids is 1. The van der Waals surface area contributed by atoms with E-state index in [2.05, 4.69) is 0 Å². The van der Waals surface area contributed by atoms with Crippen LogP contribution in [0.2, 0.25) is 0 Å². The van der Waals surface area contributed by atoms with Gasteiger partial charge < -0.3 is 14.9 Å². The molecule has 0 heterocycles. The Bertz CT molecular complexity index is 930. The fourth-order valence-electron chi connectivity index (χ4n) is 2.45. The molecule has 26 heavy (non-hydrogen) atoms. The van der Waals surface area contributed by atoms with Crippen LogP contribution in [0.25, 0.3) is 0 Å². The van der Waals surface area contributed by atoms with E-state index in [1.165, 1.54) is 24.3 Å². The van der Waals surface area contributed by atoms with Gasteiger partial charge in [0.05, 0.1) is 11.1 Å². The maximum atomic E-state index is 12.4. The summed E-state index contributed by atoms with van der Waals surface area (Å²) in [5.41, 5.74) is 1.69. The number of rotatable bonds is 6. The number of ketones is 1. The minimum absolute atomic E-state index is 0.155. The molecule has 3 rings (SSSR count). The fraction of sp³-hybridized carbons (Fsp3) is 0.0476. The Morgan fingerprint density at radius 2 is 1.54 bits per heavy atom. The number of phenols is 1. The Labute approximate surface area is 150 Å². The summed E-state index contributed by atoms with van der Waals surface area (Å²) >= 11 is 0. The number of carbonyl (C=O) groups is 2. The maximum Gasteiger partial charge on any atom is 0.335 e. The number of hydrogen-bond donors (Lipinski definition) is 2. The van der Waals surface area contributed by atoms with E-state index in [0.29, 0.717) is 11.3 Å². The standard InChI is InChI=1S/C21H16O5/c22-19-12-17(26-13-14-6-8-16(9-7-14)21(24)25)10-11-18(19)20(23)15-4-2-1-3-5-15/h1-12,22H,13H2,(H,24,25). The van der Waals surface area contributed by atoms with E-state index in [9.17, 15) is 14.7 Å². The smallest absolute Gasteiger partial charge is 0.335 e. The zero-order valence-corrected chi connectivity index (χ0v) is 13.8. The summed E-state index contributed by atoms with van der Waals surface area (Å²) in [6, 6.07) is 19.6. The average Bonchev–Trinajstić information content (AvgIpc) is 2.67. The molecule has 0 amide bonds. The van der Waals surface area contributed by atoms with E-state index in [0.717, 1.165) is 5.56 Å². The number of phenolic OH excluding ortho intramolecular Hbond substituents is 1. The number of carbonyl (C=O) groups excluding carboxylic acids is 1. The van der Waals surface area contributed by atoms with Gasteiger partial charge in [-0.3, -0.25) is 4.79 Å². The summed E-state index contributed by atoms with van der Waals surface area (Å²) in [6.07, 6.45) is 0. The molecule has 0 saturated carbocycles. The monoisotopic (exact) mass is 348 g/mol. The van der Waals surface area contributed by atoms with Crippen molar-refractivity contribution >= 4 is 11.8 Å². The third kappa shape index (κ3) is 3.89. The molecule has 0 aliphatic rings. The van der Waals surface area contributed by atoms with Crippen LogP contribution in [0.15, 0.2) is 72.8 Å². The Kier molecular flexibility index (Phi) is 4.99. The third-order valence-electron chi connectivity index (χ3n) is 3.86. The van der Waals surface area contributed by atoms with Crippen molar-refractivity contribution in [2.24, 2.45) is 0 Å². The molecule has 0 saturated heterocycles. The second kappa shape index (κ2) is 7.53. The summed E-state index contributed by atoms with van der Waals surface area (Å²) in [6.45, 7) is 0.214. The molecule has 0 aromatic heterocycles. The normalized spacial score (nSPS) is 10.3. The van der Waals surface area contributed by atoms with Crippen molar-refractivity contribution in [2.45, 2.75) is 6.61 Å².